The summed E-state index contributed by atoms with van der Waals surface area (Å²) in [7, 11) is 2.17. The van der Waals surface area contributed by atoms with Crippen molar-refractivity contribution in [2.75, 3.05) is 20.1 Å². The van der Waals surface area contributed by atoms with Crippen molar-refractivity contribution in [2.24, 2.45) is 5.41 Å². The van der Waals surface area contributed by atoms with Crippen molar-refractivity contribution in [2.45, 2.75) is 38.3 Å². The second-order valence-electron chi connectivity index (χ2n) is 7.44. The van der Waals surface area contributed by atoms with Crippen LogP contribution in [0.3, 0.4) is 0 Å². The van der Waals surface area contributed by atoms with Gasteiger partial charge in [-0.05, 0) is 50.3 Å². The van der Waals surface area contributed by atoms with Crippen LogP contribution in [0, 0.1) is 5.41 Å². The topological polar surface area (TPSA) is 62.5 Å². The largest absolute Gasteiger partial charge is 0.468 e. The third-order valence-electron chi connectivity index (χ3n) is 5.84. The molecule has 25 heavy (non-hydrogen) atoms. The average Bonchev–Trinajstić information content (AvgIpc) is 3.13. The third-order valence-corrected chi connectivity index (χ3v) is 5.84. The van der Waals surface area contributed by atoms with Gasteiger partial charge in [-0.15, -0.1) is 0 Å². The zero-order valence-corrected chi connectivity index (χ0v) is 14.6. The molecular formula is C19H24N4O2. The van der Waals surface area contributed by atoms with Gasteiger partial charge < -0.3 is 9.32 Å². The first-order valence-corrected chi connectivity index (χ1v) is 8.93. The summed E-state index contributed by atoms with van der Waals surface area (Å²) in [6, 6.07) is 4.59. The molecule has 1 spiro atoms. The molecule has 0 atom stereocenters. The predicted octanol–water partition coefficient (Wildman–Crippen LogP) is 2.59. The molecule has 1 aliphatic heterocycles. The van der Waals surface area contributed by atoms with Crippen LogP contribution < -0.4 is 0 Å². The molecule has 6 heteroatoms. The Morgan fingerprint density at radius 3 is 2.80 bits per heavy atom. The fraction of sp³-hybridized carbons (Fsp3) is 0.526. The van der Waals surface area contributed by atoms with Crippen molar-refractivity contribution in [3.05, 3.63) is 48.4 Å². The molecule has 2 aromatic heterocycles. The minimum absolute atomic E-state index is 0.00811. The molecule has 6 nitrogen and oxygen atoms in total. The van der Waals surface area contributed by atoms with Crippen LogP contribution >= 0.6 is 0 Å². The van der Waals surface area contributed by atoms with Crippen molar-refractivity contribution in [3.63, 3.8) is 0 Å². The Morgan fingerprint density at radius 1 is 1.36 bits per heavy atom. The van der Waals surface area contributed by atoms with E-state index in [4.69, 9.17) is 4.42 Å². The van der Waals surface area contributed by atoms with Crippen molar-refractivity contribution in [1.29, 1.82) is 0 Å². The monoisotopic (exact) mass is 340 g/mol. The van der Waals surface area contributed by atoms with Gasteiger partial charge in [0, 0.05) is 31.5 Å². The number of hydrogen-bond donors (Lipinski definition) is 0. The summed E-state index contributed by atoms with van der Waals surface area (Å²) < 4.78 is 5.45. The summed E-state index contributed by atoms with van der Waals surface area (Å²) in [5.74, 6) is 1.03. The number of rotatable bonds is 4. The molecule has 0 unspecified atom stereocenters. The van der Waals surface area contributed by atoms with Crippen LogP contribution in [0.5, 0.6) is 0 Å². The van der Waals surface area contributed by atoms with Gasteiger partial charge in [-0.2, -0.15) is 0 Å². The molecule has 1 saturated carbocycles. The zero-order chi connectivity index (χ0) is 17.3. The van der Waals surface area contributed by atoms with Crippen LogP contribution in [-0.2, 0) is 6.54 Å². The van der Waals surface area contributed by atoms with Crippen molar-refractivity contribution in [1.82, 2.24) is 19.8 Å². The smallest absolute Gasteiger partial charge is 0.274 e. The van der Waals surface area contributed by atoms with Gasteiger partial charge in [0.1, 0.15) is 11.5 Å². The molecule has 2 aromatic rings. The lowest BCUT2D eigenvalue weighted by Crippen LogP contribution is -2.54. The number of carbonyl (C=O) groups is 1. The lowest BCUT2D eigenvalue weighted by Gasteiger charge is -2.54. The summed E-state index contributed by atoms with van der Waals surface area (Å²) in [5.41, 5.74) is 0.865. The first-order valence-electron chi connectivity index (χ1n) is 8.93. The van der Waals surface area contributed by atoms with E-state index in [0.29, 0.717) is 17.2 Å². The highest BCUT2D eigenvalue weighted by Crippen LogP contribution is 2.51. The molecule has 0 radical (unpaired) electrons. The van der Waals surface area contributed by atoms with Gasteiger partial charge in [-0.3, -0.25) is 14.7 Å². The van der Waals surface area contributed by atoms with Crippen LogP contribution in [0.1, 0.15) is 41.9 Å². The molecule has 2 aliphatic rings. The molecule has 1 saturated heterocycles. The second kappa shape index (κ2) is 6.59. The standard InChI is InChI=1S/C19H24N4O2/c1-22(14-16-3-2-10-25-16)15-11-19(12-15)4-8-23(9-5-19)18(24)17-13-20-6-7-21-17/h2-3,6-7,10,13,15H,4-5,8-9,11-12,14H2,1H3. The number of piperidine rings is 1. The maximum atomic E-state index is 12.5. The highest BCUT2D eigenvalue weighted by Gasteiger charge is 2.47. The molecule has 132 valence electrons. The van der Waals surface area contributed by atoms with Gasteiger partial charge >= 0.3 is 0 Å². The van der Waals surface area contributed by atoms with Crippen LogP contribution in [0.25, 0.3) is 0 Å². The summed E-state index contributed by atoms with van der Waals surface area (Å²) in [6.07, 6.45) is 11.1. The Bertz CT molecular complexity index is 700. The van der Waals surface area contributed by atoms with Gasteiger partial charge in [0.15, 0.2) is 0 Å². The lowest BCUT2D eigenvalue weighted by molar-refractivity contribution is -0.0344. The van der Waals surface area contributed by atoms with Crippen molar-refractivity contribution in [3.8, 4) is 0 Å². The van der Waals surface area contributed by atoms with E-state index in [1.165, 1.54) is 12.8 Å². The first-order chi connectivity index (χ1) is 12.2. The summed E-state index contributed by atoms with van der Waals surface area (Å²) in [5, 5.41) is 0. The minimum Gasteiger partial charge on any atom is -0.468 e. The minimum atomic E-state index is 0.00811. The number of carbonyl (C=O) groups excluding carboxylic acids is 1. The Balaban J connectivity index is 1.28. The highest BCUT2D eigenvalue weighted by molar-refractivity contribution is 5.92. The van der Waals surface area contributed by atoms with Gasteiger partial charge in [-0.25, -0.2) is 4.98 Å². The van der Waals surface area contributed by atoms with E-state index in [2.05, 4.69) is 21.9 Å². The van der Waals surface area contributed by atoms with Crippen LogP contribution in [-0.4, -0.2) is 51.9 Å². The van der Waals surface area contributed by atoms with Crippen molar-refractivity contribution >= 4 is 5.91 Å². The fourth-order valence-corrected chi connectivity index (χ4v) is 4.19. The zero-order valence-electron chi connectivity index (χ0n) is 14.6. The van der Waals surface area contributed by atoms with E-state index < -0.39 is 0 Å². The number of likely N-dealkylation sites (tertiary alicyclic amines) is 1. The molecule has 0 aromatic carbocycles. The summed E-state index contributed by atoms with van der Waals surface area (Å²) >= 11 is 0. The van der Waals surface area contributed by atoms with Crippen molar-refractivity contribution < 1.29 is 9.21 Å². The van der Waals surface area contributed by atoms with E-state index in [1.54, 1.807) is 24.9 Å². The molecule has 1 amide bonds. The normalized spacial score (nSPS) is 20.0. The lowest BCUT2D eigenvalue weighted by atomic mass is 9.60. The summed E-state index contributed by atoms with van der Waals surface area (Å²) in [4.78, 5) is 24.9. The quantitative estimate of drug-likeness (QED) is 0.856. The number of hydrogen-bond acceptors (Lipinski definition) is 5. The number of furan rings is 1. The molecule has 0 bridgehead atoms. The number of aromatic nitrogens is 2. The Labute approximate surface area is 147 Å². The Morgan fingerprint density at radius 2 is 2.16 bits per heavy atom. The van der Waals surface area contributed by atoms with E-state index >= 15 is 0 Å². The molecule has 2 fully saturated rings. The molecular weight excluding hydrogens is 316 g/mol. The van der Waals surface area contributed by atoms with Gasteiger partial charge in [-0.1, -0.05) is 0 Å². The highest BCUT2D eigenvalue weighted by atomic mass is 16.3. The average molecular weight is 340 g/mol. The molecule has 0 N–H and O–H groups in total. The predicted molar refractivity (Wildman–Crippen MR) is 92.8 cm³/mol. The van der Waals surface area contributed by atoms with Crippen LogP contribution in [0.4, 0.5) is 0 Å². The second-order valence-corrected chi connectivity index (χ2v) is 7.44. The van der Waals surface area contributed by atoms with E-state index in [9.17, 15) is 4.79 Å². The van der Waals surface area contributed by atoms with Gasteiger partial charge in [0.25, 0.3) is 5.91 Å². The molecule has 4 rings (SSSR count). The first kappa shape index (κ1) is 16.3. The SMILES string of the molecule is CN(Cc1ccco1)C1CC2(CCN(C(=O)c3cnccn3)CC2)C1. The maximum Gasteiger partial charge on any atom is 0.274 e. The van der Waals surface area contributed by atoms with E-state index in [1.807, 2.05) is 17.0 Å². The van der Waals surface area contributed by atoms with E-state index in [-0.39, 0.29) is 5.91 Å². The molecule has 1 aliphatic carbocycles. The van der Waals surface area contributed by atoms with E-state index in [0.717, 1.165) is 38.2 Å². The third kappa shape index (κ3) is 3.31. The number of nitrogens with zero attached hydrogens (tertiary/aromatic N) is 4. The fourth-order valence-electron chi connectivity index (χ4n) is 4.19. The maximum absolute atomic E-state index is 12.5. The van der Waals surface area contributed by atoms with Gasteiger partial charge in [0.2, 0.25) is 0 Å². The Kier molecular flexibility index (Phi) is 4.29. The number of amides is 1. The molecule has 3 heterocycles. The van der Waals surface area contributed by atoms with Crippen LogP contribution in [0.2, 0.25) is 0 Å². The van der Waals surface area contributed by atoms with Gasteiger partial charge in [0.05, 0.1) is 19.0 Å². The summed E-state index contributed by atoms with van der Waals surface area (Å²) in [6.45, 7) is 2.51. The Hall–Kier alpha value is -2.21. The van der Waals surface area contributed by atoms with Crippen LogP contribution in [0.15, 0.2) is 41.4 Å².